The van der Waals surface area contributed by atoms with Gasteiger partial charge in [-0.2, -0.15) is 23.7 Å². The molecule has 0 aromatic heterocycles. The lowest BCUT2D eigenvalue weighted by atomic mass is 10.1. The summed E-state index contributed by atoms with van der Waals surface area (Å²) in [5.41, 5.74) is -0.437. The van der Waals surface area contributed by atoms with Gasteiger partial charge in [0, 0.05) is 11.0 Å². The summed E-state index contributed by atoms with van der Waals surface area (Å²) in [4.78, 5) is 1.28. The molecule has 0 aliphatic rings. The molecule has 0 fully saturated rings. The molecule has 3 nitrogen and oxygen atoms in total. The molecule has 1 rings (SSSR count). The number of hydrogen-bond acceptors (Lipinski definition) is 3. The van der Waals surface area contributed by atoms with E-state index in [9.17, 15) is 13.2 Å². The summed E-state index contributed by atoms with van der Waals surface area (Å²) in [6.07, 6.45) is -4.47. The van der Waals surface area contributed by atoms with Crippen molar-refractivity contribution in [3.8, 4) is 12.1 Å². The number of nitriles is 2. The molecule has 0 bridgehead atoms. The Morgan fingerprint density at radius 2 is 1.74 bits per heavy atom. The smallest absolute Gasteiger partial charge is 0.345 e. The lowest BCUT2D eigenvalue weighted by Gasteiger charge is -2.21. The van der Waals surface area contributed by atoms with Crippen LogP contribution in [0.1, 0.15) is 11.1 Å². The monoisotopic (exact) mass is 331 g/mol. The Labute approximate surface area is 117 Å². The SMILES string of the molecule is N#CCN(CC#N)c1ccc(CBr)c(C(F)(F)F)c1. The number of rotatable bonds is 4. The van der Waals surface area contributed by atoms with Gasteiger partial charge >= 0.3 is 6.18 Å². The minimum Gasteiger partial charge on any atom is -0.345 e. The van der Waals surface area contributed by atoms with E-state index < -0.39 is 11.7 Å². The topological polar surface area (TPSA) is 50.8 Å². The normalized spacial score (nSPS) is 10.6. The molecular formula is C12H9BrF3N3. The van der Waals surface area contributed by atoms with Gasteiger partial charge in [0.05, 0.1) is 17.7 Å². The summed E-state index contributed by atoms with van der Waals surface area (Å²) < 4.78 is 38.6. The summed E-state index contributed by atoms with van der Waals surface area (Å²) in [7, 11) is 0. The molecule has 100 valence electrons. The Bertz CT molecular complexity index is 512. The second-order valence-electron chi connectivity index (χ2n) is 3.65. The van der Waals surface area contributed by atoms with Crippen molar-refractivity contribution in [1.82, 2.24) is 0 Å². The van der Waals surface area contributed by atoms with Crippen molar-refractivity contribution < 1.29 is 13.2 Å². The Hall–Kier alpha value is -1.73. The number of nitrogens with zero attached hydrogens (tertiary/aromatic N) is 3. The van der Waals surface area contributed by atoms with Crippen LogP contribution in [0.4, 0.5) is 18.9 Å². The van der Waals surface area contributed by atoms with Crippen LogP contribution in [-0.2, 0) is 11.5 Å². The van der Waals surface area contributed by atoms with Crippen molar-refractivity contribution in [1.29, 1.82) is 10.5 Å². The van der Waals surface area contributed by atoms with E-state index in [1.165, 1.54) is 17.0 Å². The van der Waals surface area contributed by atoms with Crippen LogP contribution in [0, 0.1) is 22.7 Å². The first-order valence-electron chi connectivity index (χ1n) is 5.19. The van der Waals surface area contributed by atoms with E-state index in [-0.39, 0.29) is 29.7 Å². The van der Waals surface area contributed by atoms with Gasteiger partial charge in [0.2, 0.25) is 0 Å². The second-order valence-corrected chi connectivity index (χ2v) is 4.21. The third-order valence-corrected chi connectivity index (χ3v) is 3.04. The molecule has 0 aliphatic heterocycles. The van der Waals surface area contributed by atoms with Crippen LogP contribution in [0.5, 0.6) is 0 Å². The molecule has 1 aromatic carbocycles. The lowest BCUT2D eigenvalue weighted by molar-refractivity contribution is -0.138. The third-order valence-electron chi connectivity index (χ3n) is 2.43. The molecule has 0 radical (unpaired) electrons. The molecule has 0 unspecified atom stereocenters. The Morgan fingerprint density at radius 1 is 1.16 bits per heavy atom. The average molecular weight is 332 g/mol. The zero-order valence-electron chi connectivity index (χ0n) is 9.71. The third kappa shape index (κ3) is 3.87. The Balaban J connectivity index is 3.24. The number of benzene rings is 1. The van der Waals surface area contributed by atoms with Crippen LogP contribution >= 0.6 is 15.9 Å². The second kappa shape index (κ2) is 6.44. The maximum atomic E-state index is 12.9. The Morgan fingerprint density at radius 3 is 2.16 bits per heavy atom. The highest BCUT2D eigenvalue weighted by Gasteiger charge is 2.33. The fraction of sp³-hybridized carbons (Fsp3) is 0.333. The van der Waals surface area contributed by atoms with Crippen molar-refractivity contribution in [3.05, 3.63) is 29.3 Å². The Kier molecular flexibility index (Phi) is 5.20. The molecule has 0 N–H and O–H groups in total. The van der Waals surface area contributed by atoms with E-state index in [1.807, 2.05) is 12.1 Å². The number of hydrogen-bond donors (Lipinski definition) is 0. The van der Waals surface area contributed by atoms with Crippen molar-refractivity contribution in [3.63, 3.8) is 0 Å². The predicted molar refractivity (Wildman–Crippen MR) is 67.5 cm³/mol. The molecule has 0 saturated carbocycles. The van der Waals surface area contributed by atoms with Gasteiger partial charge < -0.3 is 4.90 Å². The van der Waals surface area contributed by atoms with Crippen LogP contribution in [-0.4, -0.2) is 13.1 Å². The fourth-order valence-electron chi connectivity index (χ4n) is 1.55. The standard InChI is InChI=1S/C12H9BrF3N3/c13-8-9-1-2-10(7-11(9)12(14,15)16)19(5-3-17)6-4-18/h1-2,7H,5-6,8H2. The first-order chi connectivity index (χ1) is 8.93. The number of halogens is 4. The largest absolute Gasteiger partial charge is 0.416 e. The molecule has 19 heavy (non-hydrogen) atoms. The first-order valence-corrected chi connectivity index (χ1v) is 6.31. The van der Waals surface area contributed by atoms with Crippen molar-refractivity contribution in [2.45, 2.75) is 11.5 Å². The van der Waals surface area contributed by atoms with Gasteiger partial charge in [-0.25, -0.2) is 0 Å². The summed E-state index contributed by atoms with van der Waals surface area (Å²) in [6, 6.07) is 7.42. The zero-order chi connectivity index (χ0) is 14.5. The molecule has 0 heterocycles. The minimum absolute atomic E-state index is 0.0820. The van der Waals surface area contributed by atoms with Crippen molar-refractivity contribution in [2.75, 3.05) is 18.0 Å². The fourth-order valence-corrected chi connectivity index (χ4v) is 2.04. The zero-order valence-corrected chi connectivity index (χ0v) is 11.3. The van der Waals surface area contributed by atoms with Crippen LogP contribution in [0.2, 0.25) is 0 Å². The summed E-state index contributed by atoms with van der Waals surface area (Å²) in [6.45, 7) is -0.281. The number of alkyl halides is 4. The van der Waals surface area contributed by atoms with Gasteiger partial charge in [0.25, 0.3) is 0 Å². The van der Waals surface area contributed by atoms with E-state index in [1.54, 1.807) is 0 Å². The summed E-state index contributed by atoms with van der Waals surface area (Å²) in [5.74, 6) is 0. The van der Waals surface area contributed by atoms with Crippen LogP contribution in [0.3, 0.4) is 0 Å². The highest BCUT2D eigenvalue weighted by atomic mass is 79.9. The van der Waals surface area contributed by atoms with Gasteiger partial charge in [-0.1, -0.05) is 22.0 Å². The van der Waals surface area contributed by atoms with Crippen LogP contribution in [0.25, 0.3) is 0 Å². The average Bonchev–Trinajstić information content (AvgIpc) is 2.37. The highest BCUT2D eigenvalue weighted by Crippen LogP contribution is 2.35. The van der Waals surface area contributed by atoms with Crippen LogP contribution in [0.15, 0.2) is 18.2 Å². The molecule has 0 aliphatic carbocycles. The van der Waals surface area contributed by atoms with Gasteiger partial charge in [-0.15, -0.1) is 0 Å². The molecule has 0 amide bonds. The molecule has 0 saturated heterocycles. The quantitative estimate of drug-likeness (QED) is 0.627. The first kappa shape index (κ1) is 15.3. The van der Waals surface area contributed by atoms with Gasteiger partial charge in [0.1, 0.15) is 13.1 Å². The van der Waals surface area contributed by atoms with Gasteiger partial charge in [-0.3, -0.25) is 0 Å². The van der Waals surface area contributed by atoms with Crippen LogP contribution < -0.4 is 4.90 Å². The van der Waals surface area contributed by atoms with E-state index in [0.717, 1.165) is 6.07 Å². The molecule has 1 aromatic rings. The van der Waals surface area contributed by atoms with E-state index in [0.29, 0.717) is 0 Å². The molecule has 0 spiro atoms. The van der Waals surface area contributed by atoms with E-state index in [4.69, 9.17) is 10.5 Å². The summed E-state index contributed by atoms with van der Waals surface area (Å²) >= 11 is 3.01. The minimum atomic E-state index is -4.47. The van der Waals surface area contributed by atoms with E-state index >= 15 is 0 Å². The molecular weight excluding hydrogens is 323 g/mol. The summed E-state index contributed by atoms with van der Waals surface area (Å²) in [5, 5.41) is 17.3. The van der Waals surface area contributed by atoms with Gasteiger partial charge in [0.15, 0.2) is 0 Å². The van der Waals surface area contributed by atoms with E-state index in [2.05, 4.69) is 15.9 Å². The molecule has 7 heteroatoms. The highest BCUT2D eigenvalue weighted by molar-refractivity contribution is 9.08. The van der Waals surface area contributed by atoms with Crippen molar-refractivity contribution in [2.24, 2.45) is 0 Å². The predicted octanol–water partition coefficient (Wildman–Crippen LogP) is 3.45. The maximum absolute atomic E-state index is 12.9. The lowest BCUT2D eigenvalue weighted by Crippen LogP contribution is -2.24. The van der Waals surface area contributed by atoms with Gasteiger partial charge in [-0.05, 0) is 17.7 Å². The number of anilines is 1. The maximum Gasteiger partial charge on any atom is 0.416 e. The van der Waals surface area contributed by atoms with Crippen molar-refractivity contribution >= 4 is 21.6 Å². The molecule has 0 atom stereocenters.